The van der Waals surface area contributed by atoms with Gasteiger partial charge in [0.1, 0.15) is 0 Å². The van der Waals surface area contributed by atoms with Gasteiger partial charge in [-0.25, -0.2) is 4.98 Å². The minimum absolute atomic E-state index is 0. The van der Waals surface area contributed by atoms with E-state index in [1.54, 1.807) is 14.2 Å². The SMILES string of the molecule is CN=C(NCc1cccc(OC)n1)NC(C)(C)C.I. The van der Waals surface area contributed by atoms with Gasteiger partial charge in [-0.1, -0.05) is 6.07 Å². The van der Waals surface area contributed by atoms with Gasteiger partial charge in [0.25, 0.3) is 0 Å². The molecular formula is C13H23IN4O. The van der Waals surface area contributed by atoms with Crippen LogP contribution in [0.3, 0.4) is 0 Å². The van der Waals surface area contributed by atoms with Crippen LogP contribution in [0.4, 0.5) is 0 Å². The van der Waals surface area contributed by atoms with Crippen LogP contribution in [0.2, 0.25) is 0 Å². The van der Waals surface area contributed by atoms with Crippen LogP contribution >= 0.6 is 24.0 Å². The molecule has 0 amide bonds. The molecule has 1 heterocycles. The zero-order valence-electron chi connectivity index (χ0n) is 12.2. The Morgan fingerprint density at radius 3 is 2.58 bits per heavy atom. The summed E-state index contributed by atoms with van der Waals surface area (Å²) in [5.74, 6) is 1.38. The van der Waals surface area contributed by atoms with E-state index >= 15 is 0 Å². The van der Waals surface area contributed by atoms with Gasteiger partial charge in [0.15, 0.2) is 5.96 Å². The summed E-state index contributed by atoms with van der Waals surface area (Å²) in [7, 11) is 3.36. The Hall–Kier alpha value is -1.05. The average Bonchev–Trinajstić information content (AvgIpc) is 2.33. The van der Waals surface area contributed by atoms with Gasteiger partial charge in [-0.15, -0.1) is 24.0 Å². The summed E-state index contributed by atoms with van der Waals surface area (Å²) < 4.78 is 5.08. The fraction of sp³-hybridized carbons (Fsp3) is 0.538. The largest absolute Gasteiger partial charge is 0.481 e. The van der Waals surface area contributed by atoms with Crippen molar-refractivity contribution in [1.82, 2.24) is 15.6 Å². The highest BCUT2D eigenvalue weighted by molar-refractivity contribution is 14.0. The molecule has 0 fully saturated rings. The van der Waals surface area contributed by atoms with Crippen molar-refractivity contribution >= 4 is 29.9 Å². The van der Waals surface area contributed by atoms with Gasteiger partial charge < -0.3 is 15.4 Å². The van der Waals surface area contributed by atoms with E-state index < -0.39 is 0 Å². The summed E-state index contributed by atoms with van der Waals surface area (Å²) in [6, 6.07) is 5.69. The Bertz CT molecular complexity index is 415. The number of pyridine rings is 1. The predicted molar refractivity (Wildman–Crippen MR) is 89.3 cm³/mol. The first-order chi connectivity index (χ1) is 8.44. The third-order valence-electron chi connectivity index (χ3n) is 2.14. The van der Waals surface area contributed by atoms with Crippen molar-refractivity contribution in [1.29, 1.82) is 0 Å². The Balaban J connectivity index is 0.00000324. The van der Waals surface area contributed by atoms with Crippen LogP contribution in [0.1, 0.15) is 26.5 Å². The van der Waals surface area contributed by atoms with Crippen LogP contribution in [0.25, 0.3) is 0 Å². The molecule has 0 radical (unpaired) electrons. The lowest BCUT2D eigenvalue weighted by molar-refractivity contribution is 0.396. The van der Waals surface area contributed by atoms with E-state index in [-0.39, 0.29) is 29.5 Å². The quantitative estimate of drug-likeness (QED) is 0.481. The lowest BCUT2D eigenvalue weighted by Crippen LogP contribution is -2.47. The molecule has 2 N–H and O–H groups in total. The van der Waals surface area contributed by atoms with E-state index in [0.29, 0.717) is 12.4 Å². The summed E-state index contributed by atoms with van der Waals surface area (Å²) in [5, 5.41) is 6.50. The molecule has 0 saturated heterocycles. The minimum Gasteiger partial charge on any atom is -0.481 e. The van der Waals surface area contributed by atoms with Crippen LogP contribution in [0.15, 0.2) is 23.2 Å². The fourth-order valence-corrected chi connectivity index (χ4v) is 1.38. The minimum atomic E-state index is -0.0242. The normalized spacial score (nSPS) is 11.5. The van der Waals surface area contributed by atoms with Gasteiger partial charge in [-0.2, -0.15) is 0 Å². The van der Waals surface area contributed by atoms with Crippen LogP contribution in [-0.2, 0) is 6.54 Å². The maximum absolute atomic E-state index is 5.08. The second kappa shape index (κ2) is 8.19. The van der Waals surface area contributed by atoms with E-state index in [9.17, 15) is 0 Å². The number of hydrogen-bond donors (Lipinski definition) is 2. The number of methoxy groups -OCH3 is 1. The maximum Gasteiger partial charge on any atom is 0.213 e. The number of guanidine groups is 1. The molecule has 0 atom stereocenters. The Labute approximate surface area is 132 Å². The zero-order valence-corrected chi connectivity index (χ0v) is 14.5. The molecule has 0 aromatic carbocycles. The Morgan fingerprint density at radius 1 is 1.37 bits per heavy atom. The predicted octanol–water partition coefficient (Wildman–Crippen LogP) is 2.17. The smallest absolute Gasteiger partial charge is 0.213 e. The molecule has 1 aromatic rings. The summed E-state index contributed by atoms with van der Waals surface area (Å²) >= 11 is 0. The van der Waals surface area contributed by atoms with E-state index in [1.807, 2.05) is 18.2 Å². The van der Waals surface area contributed by atoms with E-state index in [4.69, 9.17) is 4.74 Å². The van der Waals surface area contributed by atoms with Gasteiger partial charge in [-0.3, -0.25) is 4.99 Å². The second-order valence-corrected chi connectivity index (χ2v) is 4.97. The van der Waals surface area contributed by atoms with Gasteiger partial charge in [0.2, 0.25) is 5.88 Å². The summed E-state index contributed by atoms with van der Waals surface area (Å²) in [5.41, 5.74) is 0.884. The number of nitrogens with zero attached hydrogens (tertiary/aromatic N) is 2. The molecule has 0 unspecified atom stereocenters. The average molecular weight is 378 g/mol. The number of aromatic nitrogens is 1. The number of halogens is 1. The van der Waals surface area contributed by atoms with Crippen molar-refractivity contribution in [3.05, 3.63) is 23.9 Å². The van der Waals surface area contributed by atoms with Crippen molar-refractivity contribution in [2.75, 3.05) is 14.2 Å². The Kier molecular flexibility index (Phi) is 7.73. The first-order valence-corrected chi connectivity index (χ1v) is 5.93. The first kappa shape index (κ1) is 17.9. The highest BCUT2D eigenvalue weighted by atomic mass is 127. The van der Waals surface area contributed by atoms with E-state index in [1.165, 1.54) is 0 Å². The molecular weight excluding hydrogens is 355 g/mol. The Morgan fingerprint density at radius 2 is 2.05 bits per heavy atom. The standard InChI is InChI=1S/C13H22N4O.HI/c1-13(2,3)17-12(14-4)15-9-10-7-6-8-11(16-10)18-5;/h6-8H,9H2,1-5H3,(H2,14,15,17);1H. The summed E-state index contributed by atoms with van der Waals surface area (Å²) in [6.45, 7) is 6.86. The third kappa shape index (κ3) is 7.19. The number of nitrogens with one attached hydrogen (secondary N) is 2. The lowest BCUT2D eigenvalue weighted by Gasteiger charge is -2.23. The number of hydrogen-bond acceptors (Lipinski definition) is 3. The van der Waals surface area contributed by atoms with Crippen molar-refractivity contribution in [3.63, 3.8) is 0 Å². The summed E-state index contributed by atoms with van der Waals surface area (Å²) in [6.07, 6.45) is 0. The third-order valence-corrected chi connectivity index (χ3v) is 2.14. The molecule has 19 heavy (non-hydrogen) atoms. The van der Waals surface area contributed by atoms with E-state index in [0.717, 1.165) is 11.7 Å². The molecule has 5 nitrogen and oxygen atoms in total. The highest BCUT2D eigenvalue weighted by Crippen LogP contribution is 2.06. The van der Waals surface area contributed by atoms with E-state index in [2.05, 4.69) is 41.4 Å². The zero-order chi connectivity index (χ0) is 13.6. The monoisotopic (exact) mass is 378 g/mol. The van der Waals surface area contributed by atoms with Crippen molar-refractivity contribution in [2.24, 2.45) is 4.99 Å². The van der Waals surface area contributed by atoms with Gasteiger partial charge in [0.05, 0.1) is 19.3 Å². The van der Waals surface area contributed by atoms with Crippen LogP contribution in [0, 0.1) is 0 Å². The topological polar surface area (TPSA) is 58.5 Å². The first-order valence-electron chi connectivity index (χ1n) is 5.93. The molecule has 0 bridgehead atoms. The molecule has 0 aliphatic rings. The maximum atomic E-state index is 5.08. The number of aliphatic imine (C=N–C) groups is 1. The second-order valence-electron chi connectivity index (χ2n) is 4.97. The van der Waals surface area contributed by atoms with Crippen molar-refractivity contribution in [2.45, 2.75) is 32.9 Å². The van der Waals surface area contributed by atoms with Gasteiger partial charge in [0, 0.05) is 18.7 Å². The lowest BCUT2D eigenvalue weighted by atomic mass is 10.1. The van der Waals surface area contributed by atoms with Crippen LogP contribution < -0.4 is 15.4 Å². The molecule has 108 valence electrons. The molecule has 6 heteroatoms. The number of rotatable bonds is 3. The molecule has 1 aromatic heterocycles. The van der Waals surface area contributed by atoms with Gasteiger partial charge in [-0.05, 0) is 26.8 Å². The highest BCUT2D eigenvalue weighted by Gasteiger charge is 2.11. The molecule has 1 rings (SSSR count). The van der Waals surface area contributed by atoms with Crippen molar-refractivity contribution < 1.29 is 4.74 Å². The van der Waals surface area contributed by atoms with Gasteiger partial charge >= 0.3 is 0 Å². The summed E-state index contributed by atoms with van der Waals surface area (Å²) in [4.78, 5) is 8.49. The molecule has 0 aliphatic carbocycles. The van der Waals surface area contributed by atoms with Crippen LogP contribution in [-0.4, -0.2) is 30.6 Å². The fourth-order valence-electron chi connectivity index (χ4n) is 1.38. The molecule has 0 spiro atoms. The molecule has 0 aliphatic heterocycles. The molecule has 0 saturated carbocycles. The van der Waals surface area contributed by atoms with Crippen LogP contribution in [0.5, 0.6) is 5.88 Å². The number of ether oxygens (including phenoxy) is 1. The van der Waals surface area contributed by atoms with Crippen molar-refractivity contribution in [3.8, 4) is 5.88 Å².